The summed E-state index contributed by atoms with van der Waals surface area (Å²) in [7, 11) is -3.30. The van der Waals surface area contributed by atoms with E-state index in [1.54, 1.807) is 25.4 Å². The minimum atomic E-state index is -3.30. The summed E-state index contributed by atoms with van der Waals surface area (Å²) in [5.74, 6) is 0.376. The number of nitrogens with zero attached hydrogens (tertiary/aromatic N) is 5. The molecule has 2 aromatic rings. The third-order valence-corrected chi connectivity index (χ3v) is 3.84. The van der Waals surface area contributed by atoms with Gasteiger partial charge >= 0.3 is 0 Å². The van der Waals surface area contributed by atoms with Crippen molar-refractivity contribution in [3.8, 4) is 5.95 Å². The van der Waals surface area contributed by atoms with Gasteiger partial charge in [-0.3, -0.25) is 0 Å². The molecule has 0 spiro atoms. The van der Waals surface area contributed by atoms with E-state index in [-0.39, 0.29) is 30.1 Å². The molecule has 0 aliphatic carbocycles. The molecule has 21 heavy (non-hydrogen) atoms. The molecule has 11 heteroatoms. The van der Waals surface area contributed by atoms with Gasteiger partial charge in [-0.1, -0.05) is 6.92 Å². The Morgan fingerprint density at radius 2 is 2.14 bits per heavy atom. The minimum Gasteiger partial charge on any atom is -0.368 e. The van der Waals surface area contributed by atoms with Gasteiger partial charge in [-0.05, 0) is 6.07 Å². The SMILES string of the molecule is CCNS(=O)(=O)CCNc1nc(N)nc(-n2cccn2)n1. The van der Waals surface area contributed by atoms with Crippen molar-refractivity contribution < 1.29 is 8.42 Å². The van der Waals surface area contributed by atoms with E-state index in [2.05, 4.69) is 30.1 Å². The average Bonchev–Trinajstić information content (AvgIpc) is 2.91. The van der Waals surface area contributed by atoms with Crippen molar-refractivity contribution >= 4 is 21.9 Å². The summed E-state index contributed by atoms with van der Waals surface area (Å²) in [6.45, 7) is 2.22. The van der Waals surface area contributed by atoms with E-state index in [9.17, 15) is 8.42 Å². The molecule has 0 aromatic carbocycles. The second-order valence-corrected chi connectivity index (χ2v) is 5.94. The monoisotopic (exact) mass is 312 g/mol. The molecule has 0 atom stereocenters. The van der Waals surface area contributed by atoms with Gasteiger partial charge in [0.05, 0.1) is 5.75 Å². The molecule has 0 fully saturated rings. The first-order valence-electron chi connectivity index (χ1n) is 6.23. The molecule has 0 radical (unpaired) electrons. The number of nitrogens with one attached hydrogen (secondary N) is 2. The number of anilines is 2. The lowest BCUT2D eigenvalue weighted by molar-refractivity contribution is 0.584. The Labute approximate surface area is 121 Å². The summed E-state index contributed by atoms with van der Waals surface area (Å²) in [5.41, 5.74) is 5.60. The zero-order valence-electron chi connectivity index (χ0n) is 11.4. The number of rotatable bonds is 7. The first-order valence-corrected chi connectivity index (χ1v) is 7.88. The topological polar surface area (TPSA) is 141 Å². The molecule has 114 valence electrons. The van der Waals surface area contributed by atoms with E-state index in [4.69, 9.17) is 5.73 Å². The normalized spacial score (nSPS) is 11.5. The lowest BCUT2D eigenvalue weighted by Gasteiger charge is -2.08. The highest BCUT2D eigenvalue weighted by atomic mass is 32.2. The van der Waals surface area contributed by atoms with Crippen LogP contribution in [0.4, 0.5) is 11.9 Å². The van der Waals surface area contributed by atoms with Crippen molar-refractivity contribution in [3.63, 3.8) is 0 Å². The van der Waals surface area contributed by atoms with Crippen LogP contribution in [0.1, 0.15) is 6.92 Å². The fourth-order valence-corrected chi connectivity index (χ4v) is 2.49. The zero-order chi connectivity index (χ0) is 15.3. The molecule has 2 rings (SSSR count). The van der Waals surface area contributed by atoms with Crippen LogP contribution in [0.25, 0.3) is 5.95 Å². The molecule has 0 unspecified atom stereocenters. The Balaban J connectivity index is 2.04. The third-order valence-electron chi connectivity index (χ3n) is 2.37. The van der Waals surface area contributed by atoms with Crippen molar-refractivity contribution in [1.29, 1.82) is 0 Å². The minimum absolute atomic E-state index is 0.0209. The molecule has 0 aliphatic heterocycles. The largest absolute Gasteiger partial charge is 0.368 e. The van der Waals surface area contributed by atoms with Crippen LogP contribution in [0.15, 0.2) is 18.5 Å². The van der Waals surface area contributed by atoms with Crippen LogP contribution in [-0.4, -0.2) is 52.0 Å². The van der Waals surface area contributed by atoms with Gasteiger partial charge in [-0.25, -0.2) is 17.8 Å². The lowest BCUT2D eigenvalue weighted by Crippen LogP contribution is -2.29. The molecule has 0 aliphatic rings. The molecular formula is C10H16N8O2S. The summed E-state index contributed by atoms with van der Waals surface area (Å²) in [5, 5.41) is 6.79. The van der Waals surface area contributed by atoms with Crippen molar-refractivity contribution in [2.75, 3.05) is 29.9 Å². The molecule has 4 N–H and O–H groups in total. The Morgan fingerprint density at radius 1 is 1.33 bits per heavy atom. The molecule has 2 aromatic heterocycles. The van der Waals surface area contributed by atoms with E-state index < -0.39 is 10.0 Å². The molecule has 0 amide bonds. The van der Waals surface area contributed by atoms with Gasteiger partial charge in [0, 0.05) is 25.5 Å². The second kappa shape index (κ2) is 6.45. The van der Waals surface area contributed by atoms with Crippen LogP contribution < -0.4 is 15.8 Å². The predicted octanol–water partition coefficient (Wildman–Crippen LogP) is -1.01. The number of nitrogen functional groups attached to an aromatic ring is 1. The number of nitrogens with two attached hydrogens (primary N) is 1. The van der Waals surface area contributed by atoms with Crippen molar-refractivity contribution in [1.82, 2.24) is 29.5 Å². The van der Waals surface area contributed by atoms with Crippen molar-refractivity contribution in [3.05, 3.63) is 18.5 Å². The third kappa shape index (κ3) is 4.36. The summed E-state index contributed by atoms with van der Waals surface area (Å²) in [6, 6.07) is 1.72. The second-order valence-electron chi connectivity index (χ2n) is 4.01. The number of hydrogen-bond acceptors (Lipinski definition) is 8. The molecule has 0 saturated carbocycles. The van der Waals surface area contributed by atoms with Crippen molar-refractivity contribution in [2.45, 2.75) is 6.92 Å². The smallest absolute Gasteiger partial charge is 0.257 e. The fourth-order valence-electron chi connectivity index (χ4n) is 1.54. The number of aromatic nitrogens is 5. The quantitative estimate of drug-likeness (QED) is 0.590. The highest BCUT2D eigenvalue weighted by Gasteiger charge is 2.10. The first kappa shape index (κ1) is 15.1. The Kier molecular flexibility index (Phi) is 4.65. The van der Waals surface area contributed by atoms with Crippen LogP contribution >= 0.6 is 0 Å². The number of sulfonamides is 1. The zero-order valence-corrected chi connectivity index (χ0v) is 12.2. The van der Waals surface area contributed by atoms with Gasteiger partial charge in [0.15, 0.2) is 0 Å². The van der Waals surface area contributed by atoms with Gasteiger partial charge in [-0.2, -0.15) is 20.1 Å². The average molecular weight is 312 g/mol. The number of hydrogen-bond donors (Lipinski definition) is 3. The molecular weight excluding hydrogens is 296 g/mol. The van der Waals surface area contributed by atoms with E-state index in [1.165, 1.54) is 4.68 Å². The van der Waals surface area contributed by atoms with E-state index >= 15 is 0 Å². The Morgan fingerprint density at radius 3 is 2.81 bits per heavy atom. The van der Waals surface area contributed by atoms with Gasteiger partial charge in [-0.15, -0.1) is 0 Å². The first-order chi connectivity index (χ1) is 10.00. The molecule has 10 nitrogen and oxygen atoms in total. The maximum absolute atomic E-state index is 11.5. The summed E-state index contributed by atoms with van der Waals surface area (Å²) in [4.78, 5) is 12.0. The van der Waals surface area contributed by atoms with E-state index in [0.29, 0.717) is 6.54 Å². The molecule has 0 bridgehead atoms. The van der Waals surface area contributed by atoms with E-state index in [1.807, 2.05) is 0 Å². The highest BCUT2D eigenvalue weighted by Crippen LogP contribution is 2.05. The van der Waals surface area contributed by atoms with Crippen molar-refractivity contribution in [2.24, 2.45) is 0 Å². The van der Waals surface area contributed by atoms with Gasteiger partial charge < -0.3 is 11.1 Å². The summed E-state index contributed by atoms with van der Waals surface area (Å²) >= 11 is 0. The standard InChI is InChI=1S/C10H16N8O2S/c1-2-14-21(19,20)7-5-12-9-15-8(11)16-10(17-9)18-6-3-4-13-18/h3-4,6,14H,2,5,7H2,1H3,(H3,11,12,15,16,17). The van der Waals surface area contributed by atoms with Crippen LogP contribution in [-0.2, 0) is 10.0 Å². The van der Waals surface area contributed by atoms with Crippen LogP contribution in [0, 0.1) is 0 Å². The van der Waals surface area contributed by atoms with Crippen LogP contribution in [0.2, 0.25) is 0 Å². The maximum Gasteiger partial charge on any atom is 0.257 e. The van der Waals surface area contributed by atoms with Crippen LogP contribution in [0.5, 0.6) is 0 Å². The lowest BCUT2D eigenvalue weighted by atomic mass is 10.7. The summed E-state index contributed by atoms with van der Waals surface area (Å²) in [6.07, 6.45) is 3.24. The molecule has 2 heterocycles. The highest BCUT2D eigenvalue weighted by molar-refractivity contribution is 7.89. The predicted molar refractivity (Wildman–Crippen MR) is 77.3 cm³/mol. The van der Waals surface area contributed by atoms with Gasteiger partial charge in [0.25, 0.3) is 5.95 Å². The fraction of sp³-hybridized carbons (Fsp3) is 0.400. The maximum atomic E-state index is 11.5. The van der Waals surface area contributed by atoms with E-state index in [0.717, 1.165) is 0 Å². The Hall–Kier alpha value is -2.27. The summed E-state index contributed by atoms with van der Waals surface area (Å²) < 4.78 is 26.8. The Bertz CT molecular complexity index is 685. The van der Waals surface area contributed by atoms with Gasteiger partial charge in [0.2, 0.25) is 21.9 Å². The van der Waals surface area contributed by atoms with Gasteiger partial charge in [0.1, 0.15) is 0 Å². The molecule has 0 saturated heterocycles. The van der Waals surface area contributed by atoms with Crippen LogP contribution in [0.3, 0.4) is 0 Å².